The van der Waals surface area contributed by atoms with E-state index in [9.17, 15) is 0 Å². The lowest BCUT2D eigenvalue weighted by molar-refractivity contribution is 0.0747. The molecule has 0 bridgehead atoms. The van der Waals surface area contributed by atoms with Crippen molar-refractivity contribution in [3.8, 4) is 0 Å². The van der Waals surface area contributed by atoms with E-state index >= 15 is 0 Å². The summed E-state index contributed by atoms with van der Waals surface area (Å²) in [6.07, 6.45) is 8.85. The molecule has 1 heterocycles. The summed E-state index contributed by atoms with van der Waals surface area (Å²) in [7, 11) is 2.22. The van der Waals surface area contributed by atoms with Gasteiger partial charge in [0.05, 0.1) is 0 Å². The highest BCUT2D eigenvalue weighted by Crippen LogP contribution is 2.41. The molecular formula is C15H25N3. The maximum atomic E-state index is 6.14. The standard InChI is InChI=1S/C15H25N3/c1-3-14-5-4-8-15(14,12-16)18(2)11-13-6-9-17-10-7-13/h6-7,9-10,14H,3-5,8,11-12,16H2,1-2H3. The van der Waals surface area contributed by atoms with Crippen LogP contribution < -0.4 is 5.73 Å². The molecule has 1 fully saturated rings. The third-order valence-electron chi connectivity index (χ3n) is 4.70. The highest BCUT2D eigenvalue weighted by Gasteiger charge is 2.43. The van der Waals surface area contributed by atoms with Crippen LogP contribution in [0.1, 0.15) is 38.2 Å². The molecule has 2 atom stereocenters. The summed E-state index contributed by atoms with van der Waals surface area (Å²) in [5.74, 6) is 0.745. The first-order valence-corrected chi connectivity index (χ1v) is 7.03. The zero-order valence-electron chi connectivity index (χ0n) is 11.6. The van der Waals surface area contributed by atoms with Crippen molar-refractivity contribution < 1.29 is 0 Å². The zero-order chi connectivity index (χ0) is 13.0. The van der Waals surface area contributed by atoms with Crippen molar-refractivity contribution in [1.82, 2.24) is 9.88 Å². The van der Waals surface area contributed by atoms with Crippen LogP contribution in [0.25, 0.3) is 0 Å². The van der Waals surface area contributed by atoms with Gasteiger partial charge in [-0.15, -0.1) is 0 Å². The summed E-state index contributed by atoms with van der Waals surface area (Å²) in [5.41, 5.74) is 7.66. The molecule has 2 N–H and O–H groups in total. The number of hydrogen-bond acceptors (Lipinski definition) is 3. The average Bonchev–Trinajstić information content (AvgIpc) is 2.84. The van der Waals surface area contributed by atoms with Gasteiger partial charge in [0.15, 0.2) is 0 Å². The summed E-state index contributed by atoms with van der Waals surface area (Å²) >= 11 is 0. The summed E-state index contributed by atoms with van der Waals surface area (Å²) < 4.78 is 0. The minimum absolute atomic E-state index is 0.206. The largest absolute Gasteiger partial charge is 0.329 e. The Morgan fingerprint density at radius 3 is 2.78 bits per heavy atom. The minimum Gasteiger partial charge on any atom is -0.329 e. The lowest BCUT2D eigenvalue weighted by atomic mass is 9.83. The van der Waals surface area contributed by atoms with Crippen molar-refractivity contribution in [2.45, 2.75) is 44.7 Å². The van der Waals surface area contributed by atoms with E-state index in [4.69, 9.17) is 5.73 Å². The van der Waals surface area contributed by atoms with E-state index in [0.29, 0.717) is 0 Å². The van der Waals surface area contributed by atoms with Gasteiger partial charge in [-0.05, 0) is 43.5 Å². The minimum atomic E-state index is 0.206. The molecule has 100 valence electrons. The van der Waals surface area contributed by atoms with Gasteiger partial charge >= 0.3 is 0 Å². The number of pyridine rings is 1. The molecule has 1 aromatic rings. The average molecular weight is 247 g/mol. The van der Waals surface area contributed by atoms with Gasteiger partial charge in [0, 0.05) is 31.0 Å². The fourth-order valence-corrected chi connectivity index (χ4v) is 3.56. The van der Waals surface area contributed by atoms with E-state index < -0.39 is 0 Å². The fourth-order valence-electron chi connectivity index (χ4n) is 3.56. The lowest BCUT2D eigenvalue weighted by Gasteiger charge is -2.43. The molecule has 2 rings (SSSR count). The third-order valence-corrected chi connectivity index (χ3v) is 4.70. The molecule has 0 saturated heterocycles. The Balaban J connectivity index is 2.12. The molecule has 0 aliphatic heterocycles. The van der Waals surface area contributed by atoms with E-state index in [1.165, 1.54) is 31.2 Å². The van der Waals surface area contributed by atoms with Crippen molar-refractivity contribution in [3.63, 3.8) is 0 Å². The van der Waals surface area contributed by atoms with E-state index in [2.05, 4.69) is 36.0 Å². The highest BCUT2D eigenvalue weighted by molar-refractivity contribution is 5.11. The molecule has 1 aliphatic carbocycles. The van der Waals surface area contributed by atoms with Gasteiger partial charge in [-0.2, -0.15) is 0 Å². The number of nitrogens with two attached hydrogens (primary N) is 1. The van der Waals surface area contributed by atoms with Gasteiger partial charge in [0.1, 0.15) is 0 Å². The molecule has 1 saturated carbocycles. The number of nitrogens with zero attached hydrogens (tertiary/aromatic N) is 2. The molecule has 2 unspecified atom stereocenters. The monoisotopic (exact) mass is 247 g/mol. The SMILES string of the molecule is CCC1CCCC1(CN)N(C)Cc1ccncc1. The van der Waals surface area contributed by atoms with Crippen LogP contribution in [0.4, 0.5) is 0 Å². The quantitative estimate of drug-likeness (QED) is 0.869. The van der Waals surface area contributed by atoms with Gasteiger partial charge < -0.3 is 5.73 Å². The Hall–Kier alpha value is -0.930. The van der Waals surface area contributed by atoms with Gasteiger partial charge in [-0.1, -0.05) is 19.8 Å². The van der Waals surface area contributed by atoms with E-state index in [1.807, 2.05) is 12.4 Å². The summed E-state index contributed by atoms with van der Waals surface area (Å²) in [6.45, 7) is 4.03. The van der Waals surface area contributed by atoms with Crippen molar-refractivity contribution in [2.75, 3.05) is 13.6 Å². The van der Waals surface area contributed by atoms with Crippen LogP contribution in [0.3, 0.4) is 0 Å². The fraction of sp³-hybridized carbons (Fsp3) is 0.667. The Labute approximate surface area is 110 Å². The number of hydrogen-bond donors (Lipinski definition) is 1. The molecule has 0 spiro atoms. The maximum Gasteiger partial charge on any atom is 0.0360 e. The molecule has 0 radical (unpaired) electrons. The van der Waals surface area contributed by atoms with Crippen LogP contribution in [0.15, 0.2) is 24.5 Å². The van der Waals surface area contributed by atoms with Crippen LogP contribution >= 0.6 is 0 Å². The second kappa shape index (κ2) is 5.81. The van der Waals surface area contributed by atoms with Crippen LogP contribution in [0, 0.1) is 5.92 Å². The summed E-state index contributed by atoms with van der Waals surface area (Å²) in [5, 5.41) is 0. The topological polar surface area (TPSA) is 42.1 Å². The van der Waals surface area contributed by atoms with Crippen molar-refractivity contribution in [2.24, 2.45) is 11.7 Å². The van der Waals surface area contributed by atoms with Gasteiger partial charge in [0.2, 0.25) is 0 Å². The second-order valence-corrected chi connectivity index (χ2v) is 5.52. The predicted molar refractivity (Wildman–Crippen MR) is 75.1 cm³/mol. The molecule has 1 aromatic heterocycles. The molecular weight excluding hydrogens is 222 g/mol. The first kappa shape index (κ1) is 13.5. The molecule has 1 aliphatic rings. The molecule has 18 heavy (non-hydrogen) atoms. The first-order valence-electron chi connectivity index (χ1n) is 7.03. The molecule has 0 aromatic carbocycles. The van der Waals surface area contributed by atoms with Crippen LogP contribution in [0.2, 0.25) is 0 Å². The molecule has 0 amide bonds. The maximum absolute atomic E-state index is 6.14. The zero-order valence-corrected chi connectivity index (χ0v) is 11.6. The van der Waals surface area contributed by atoms with Crippen molar-refractivity contribution in [3.05, 3.63) is 30.1 Å². The number of rotatable bonds is 5. The lowest BCUT2D eigenvalue weighted by Crippen LogP contribution is -2.54. The van der Waals surface area contributed by atoms with E-state index in [0.717, 1.165) is 19.0 Å². The Kier molecular flexibility index (Phi) is 4.36. The smallest absolute Gasteiger partial charge is 0.0360 e. The van der Waals surface area contributed by atoms with Crippen LogP contribution in [-0.4, -0.2) is 29.0 Å². The predicted octanol–water partition coefficient (Wildman–Crippen LogP) is 2.42. The Morgan fingerprint density at radius 2 is 2.17 bits per heavy atom. The van der Waals surface area contributed by atoms with Gasteiger partial charge in [-0.25, -0.2) is 0 Å². The number of aromatic nitrogens is 1. The van der Waals surface area contributed by atoms with Gasteiger partial charge in [0.25, 0.3) is 0 Å². The van der Waals surface area contributed by atoms with Crippen LogP contribution in [-0.2, 0) is 6.54 Å². The molecule has 3 nitrogen and oxygen atoms in total. The Morgan fingerprint density at radius 1 is 1.44 bits per heavy atom. The van der Waals surface area contributed by atoms with E-state index in [-0.39, 0.29) is 5.54 Å². The van der Waals surface area contributed by atoms with Crippen molar-refractivity contribution >= 4 is 0 Å². The molecule has 3 heteroatoms. The third kappa shape index (κ3) is 2.43. The van der Waals surface area contributed by atoms with Gasteiger partial charge in [-0.3, -0.25) is 9.88 Å². The normalized spacial score (nSPS) is 27.9. The number of likely N-dealkylation sites (N-methyl/N-ethyl adjacent to an activating group) is 1. The summed E-state index contributed by atoms with van der Waals surface area (Å²) in [4.78, 5) is 6.55. The van der Waals surface area contributed by atoms with E-state index in [1.54, 1.807) is 0 Å². The Bertz CT molecular complexity index is 365. The van der Waals surface area contributed by atoms with Crippen LogP contribution in [0.5, 0.6) is 0 Å². The second-order valence-electron chi connectivity index (χ2n) is 5.52. The first-order chi connectivity index (χ1) is 8.73. The highest BCUT2D eigenvalue weighted by atomic mass is 15.2. The summed E-state index contributed by atoms with van der Waals surface area (Å²) in [6, 6.07) is 4.19. The van der Waals surface area contributed by atoms with Crippen molar-refractivity contribution in [1.29, 1.82) is 0 Å².